The Kier molecular flexibility index (Phi) is 4.88. The highest BCUT2D eigenvalue weighted by atomic mass is 16.1. The maximum atomic E-state index is 11.8. The van der Waals surface area contributed by atoms with Crippen LogP contribution in [0.15, 0.2) is 30.3 Å². The molecule has 1 atom stereocenters. The van der Waals surface area contributed by atoms with Gasteiger partial charge < -0.3 is 5.32 Å². The highest BCUT2D eigenvalue weighted by molar-refractivity contribution is 5.94. The van der Waals surface area contributed by atoms with Crippen LogP contribution in [0.25, 0.3) is 0 Å². The maximum Gasteiger partial charge on any atom is 0.251 e. The van der Waals surface area contributed by atoms with Gasteiger partial charge >= 0.3 is 0 Å². The number of nitrogens with one attached hydrogen (secondary N) is 1. The van der Waals surface area contributed by atoms with Crippen molar-refractivity contribution in [2.45, 2.75) is 39.2 Å². The summed E-state index contributed by atoms with van der Waals surface area (Å²) in [4.78, 5) is 11.8. The van der Waals surface area contributed by atoms with Gasteiger partial charge in [-0.05, 0) is 25.0 Å². The fourth-order valence-electron chi connectivity index (χ4n) is 1.59. The van der Waals surface area contributed by atoms with Gasteiger partial charge in [0, 0.05) is 11.6 Å². The maximum absolute atomic E-state index is 11.8. The normalized spacial score (nSPS) is 12.1. The Hall–Kier alpha value is -1.31. The molecule has 15 heavy (non-hydrogen) atoms. The fraction of sp³-hybridized carbons (Fsp3) is 0.462. The van der Waals surface area contributed by atoms with Crippen LogP contribution in [0.5, 0.6) is 0 Å². The van der Waals surface area contributed by atoms with Gasteiger partial charge in [0.2, 0.25) is 0 Å². The van der Waals surface area contributed by atoms with Gasteiger partial charge in [-0.1, -0.05) is 38.5 Å². The molecule has 0 spiro atoms. The first-order valence-electron chi connectivity index (χ1n) is 5.63. The molecule has 0 fully saturated rings. The van der Waals surface area contributed by atoms with E-state index in [0.717, 1.165) is 24.8 Å². The fourth-order valence-corrected chi connectivity index (χ4v) is 1.59. The number of carbonyl (C=O) groups is 1. The molecule has 1 N–H and O–H groups in total. The lowest BCUT2D eigenvalue weighted by molar-refractivity contribution is 0.0933. The second kappa shape index (κ2) is 6.23. The van der Waals surface area contributed by atoms with E-state index >= 15 is 0 Å². The molecule has 0 radical (unpaired) electrons. The molecule has 0 aliphatic heterocycles. The Morgan fingerprint density at radius 1 is 1.27 bits per heavy atom. The Bertz CT molecular complexity index is 295. The molecular formula is C13H19NO. The van der Waals surface area contributed by atoms with E-state index in [9.17, 15) is 4.79 Å². The zero-order valence-electron chi connectivity index (χ0n) is 9.49. The van der Waals surface area contributed by atoms with Crippen molar-refractivity contribution in [3.63, 3.8) is 0 Å². The van der Waals surface area contributed by atoms with E-state index in [1.165, 1.54) is 0 Å². The topological polar surface area (TPSA) is 29.1 Å². The number of hydrogen-bond donors (Lipinski definition) is 1. The summed E-state index contributed by atoms with van der Waals surface area (Å²) in [5.41, 5.74) is 0.743. The summed E-state index contributed by atoms with van der Waals surface area (Å²) < 4.78 is 0. The largest absolute Gasteiger partial charge is 0.349 e. The van der Waals surface area contributed by atoms with E-state index in [1.54, 1.807) is 0 Å². The molecule has 2 nitrogen and oxygen atoms in total. The van der Waals surface area contributed by atoms with Gasteiger partial charge in [0.05, 0.1) is 0 Å². The second-order valence-corrected chi connectivity index (χ2v) is 3.73. The molecule has 0 bridgehead atoms. The van der Waals surface area contributed by atoms with Crippen molar-refractivity contribution in [3.8, 4) is 0 Å². The van der Waals surface area contributed by atoms with Gasteiger partial charge in [0.15, 0.2) is 0 Å². The lowest BCUT2D eigenvalue weighted by Crippen LogP contribution is -2.34. The predicted molar refractivity (Wildman–Crippen MR) is 62.9 cm³/mol. The van der Waals surface area contributed by atoms with Crippen molar-refractivity contribution < 1.29 is 4.79 Å². The zero-order valence-corrected chi connectivity index (χ0v) is 9.49. The van der Waals surface area contributed by atoms with Crippen molar-refractivity contribution in [2.24, 2.45) is 0 Å². The van der Waals surface area contributed by atoms with Gasteiger partial charge in [-0.15, -0.1) is 0 Å². The number of carbonyl (C=O) groups excluding carboxylic acids is 1. The quantitative estimate of drug-likeness (QED) is 0.786. The molecule has 0 heterocycles. The van der Waals surface area contributed by atoms with Crippen molar-refractivity contribution >= 4 is 5.91 Å². The van der Waals surface area contributed by atoms with E-state index < -0.39 is 0 Å². The van der Waals surface area contributed by atoms with Crippen molar-refractivity contribution in [3.05, 3.63) is 35.9 Å². The Morgan fingerprint density at radius 3 is 2.47 bits per heavy atom. The number of rotatable bonds is 5. The van der Waals surface area contributed by atoms with E-state index in [4.69, 9.17) is 0 Å². The molecular weight excluding hydrogens is 186 g/mol. The molecule has 1 rings (SSSR count). The van der Waals surface area contributed by atoms with Crippen LogP contribution < -0.4 is 5.32 Å². The summed E-state index contributed by atoms with van der Waals surface area (Å²) in [7, 11) is 0. The number of hydrogen-bond acceptors (Lipinski definition) is 1. The molecule has 2 heteroatoms. The first-order valence-corrected chi connectivity index (χ1v) is 5.63. The summed E-state index contributed by atoms with van der Waals surface area (Å²) in [6, 6.07) is 9.68. The summed E-state index contributed by atoms with van der Waals surface area (Å²) >= 11 is 0. The first kappa shape index (κ1) is 11.8. The Morgan fingerprint density at radius 2 is 1.93 bits per heavy atom. The molecule has 1 unspecified atom stereocenters. The van der Waals surface area contributed by atoms with Crippen LogP contribution in [0.4, 0.5) is 0 Å². The first-order chi connectivity index (χ1) is 7.27. The highest BCUT2D eigenvalue weighted by Crippen LogP contribution is 2.04. The minimum atomic E-state index is 0.0379. The van der Waals surface area contributed by atoms with Crippen LogP contribution in [0.1, 0.15) is 43.5 Å². The van der Waals surface area contributed by atoms with E-state index in [2.05, 4.69) is 19.2 Å². The minimum Gasteiger partial charge on any atom is -0.349 e. The average Bonchev–Trinajstić information content (AvgIpc) is 2.29. The van der Waals surface area contributed by atoms with Crippen LogP contribution in [-0.4, -0.2) is 11.9 Å². The van der Waals surface area contributed by atoms with Crippen LogP contribution in [0.3, 0.4) is 0 Å². The second-order valence-electron chi connectivity index (χ2n) is 3.73. The lowest BCUT2D eigenvalue weighted by atomic mass is 10.1. The Labute approximate surface area is 91.7 Å². The molecule has 0 aliphatic carbocycles. The standard InChI is InChI=1S/C13H19NO/c1-3-8-12(4-2)14-13(15)11-9-6-5-7-10-11/h5-7,9-10,12H,3-4,8H2,1-2H3,(H,14,15). The average molecular weight is 205 g/mol. The third kappa shape index (κ3) is 3.74. The molecule has 82 valence electrons. The van der Waals surface area contributed by atoms with Gasteiger partial charge in [0.25, 0.3) is 5.91 Å². The number of benzene rings is 1. The van der Waals surface area contributed by atoms with Crippen molar-refractivity contribution in [1.29, 1.82) is 0 Å². The van der Waals surface area contributed by atoms with Gasteiger partial charge in [-0.3, -0.25) is 4.79 Å². The summed E-state index contributed by atoms with van der Waals surface area (Å²) in [5.74, 6) is 0.0379. The molecule has 1 amide bonds. The van der Waals surface area contributed by atoms with Gasteiger partial charge in [0.1, 0.15) is 0 Å². The summed E-state index contributed by atoms with van der Waals surface area (Å²) in [6.45, 7) is 4.24. The third-order valence-electron chi connectivity index (χ3n) is 2.50. The molecule has 0 aliphatic rings. The highest BCUT2D eigenvalue weighted by Gasteiger charge is 2.10. The predicted octanol–water partition coefficient (Wildman–Crippen LogP) is 3.00. The van der Waals surface area contributed by atoms with Crippen molar-refractivity contribution in [1.82, 2.24) is 5.32 Å². The zero-order chi connectivity index (χ0) is 11.1. The SMILES string of the molecule is CCCC(CC)NC(=O)c1ccccc1. The molecule has 0 saturated carbocycles. The van der Waals surface area contributed by atoms with E-state index in [1.807, 2.05) is 30.3 Å². The Balaban J connectivity index is 2.55. The van der Waals surface area contributed by atoms with Gasteiger partial charge in [-0.2, -0.15) is 0 Å². The van der Waals surface area contributed by atoms with Crippen LogP contribution in [0.2, 0.25) is 0 Å². The van der Waals surface area contributed by atoms with Crippen molar-refractivity contribution in [2.75, 3.05) is 0 Å². The monoisotopic (exact) mass is 205 g/mol. The molecule has 0 saturated heterocycles. The minimum absolute atomic E-state index is 0.0379. The summed E-state index contributed by atoms with van der Waals surface area (Å²) in [5, 5.41) is 3.04. The van der Waals surface area contributed by atoms with Crippen LogP contribution >= 0.6 is 0 Å². The number of amides is 1. The molecule has 0 aromatic heterocycles. The van der Waals surface area contributed by atoms with E-state index in [-0.39, 0.29) is 5.91 Å². The molecule has 1 aromatic rings. The third-order valence-corrected chi connectivity index (χ3v) is 2.50. The molecule has 1 aromatic carbocycles. The summed E-state index contributed by atoms with van der Waals surface area (Å²) in [6.07, 6.45) is 3.15. The van der Waals surface area contributed by atoms with Crippen LogP contribution in [-0.2, 0) is 0 Å². The smallest absolute Gasteiger partial charge is 0.251 e. The van der Waals surface area contributed by atoms with Gasteiger partial charge in [-0.25, -0.2) is 0 Å². The van der Waals surface area contributed by atoms with Crippen LogP contribution in [0, 0.1) is 0 Å². The van der Waals surface area contributed by atoms with E-state index in [0.29, 0.717) is 6.04 Å². The lowest BCUT2D eigenvalue weighted by Gasteiger charge is -2.15.